The molecule has 1 atom stereocenters. The van der Waals surface area contributed by atoms with Crippen LogP contribution >= 0.6 is 12.4 Å². The van der Waals surface area contributed by atoms with E-state index >= 15 is 0 Å². The van der Waals surface area contributed by atoms with Gasteiger partial charge in [-0.25, -0.2) is 0 Å². The lowest BCUT2D eigenvalue weighted by molar-refractivity contribution is 0.0669. The number of halogens is 1. The zero-order chi connectivity index (χ0) is 12.3. The Morgan fingerprint density at radius 2 is 2.39 bits per heavy atom. The Bertz CT molecular complexity index is 389. The van der Waals surface area contributed by atoms with Crippen molar-refractivity contribution >= 4 is 18.3 Å². The SMILES string of the molecule is Cc1[nH]ccc1C(=O)N1CCCC(CCN)C1.Cl. The summed E-state index contributed by atoms with van der Waals surface area (Å²) in [5.74, 6) is 0.738. The van der Waals surface area contributed by atoms with Crippen LogP contribution < -0.4 is 5.73 Å². The van der Waals surface area contributed by atoms with Crippen LogP contribution in [-0.4, -0.2) is 35.4 Å². The number of piperidine rings is 1. The van der Waals surface area contributed by atoms with Gasteiger partial charge in [0, 0.05) is 25.0 Å². The minimum absolute atomic E-state index is 0. The predicted molar refractivity (Wildman–Crippen MR) is 75.1 cm³/mol. The van der Waals surface area contributed by atoms with Gasteiger partial charge in [-0.05, 0) is 44.7 Å². The second-order valence-corrected chi connectivity index (χ2v) is 4.85. The monoisotopic (exact) mass is 271 g/mol. The van der Waals surface area contributed by atoms with Crippen LogP contribution in [0.2, 0.25) is 0 Å². The van der Waals surface area contributed by atoms with Gasteiger partial charge < -0.3 is 15.6 Å². The summed E-state index contributed by atoms with van der Waals surface area (Å²) in [5.41, 5.74) is 7.35. The number of carbonyl (C=O) groups excluding carboxylic acids is 1. The fourth-order valence-electron chi connectivity index (χ4n) is 2.58. The van der Waals surface area contributed by atoms with Crippen LogP contribution in [0.15, 0.2) is 12.3 Å². The molecule has 3 N–H and O–H groups in total. The summed E-state index contributed by atoms with van der Waals surface area (Å²) in [4.78, 5) is 17.3. The first-order valence-corrected chi connectivity index (χ1v) is 6.35. The van der Waals surface area contributed by atoms with Crippen molar-refractivity contribution in [3.05, 3.63) is 23.5 Å². The van der Waals surface area contributed by atoms with E-state index in [0.29, 0.717) is 5.92 Å². The molecule has 18 heavy (non-hydrogen) atoms. The molecule has 1 aliphatic rings. The predicted octanol–water partition coefficient (Wildman–Crippen LogP) is 1.95. The van der Waals surface area contributed by atoms with Gasteiger partial charge in [-0.2, -0.15) is 0 Å². The summed E-state index contributed by atoms with van der Waals surface area (Å²) in [5, 5.41) is 0. The number of likely N-dealkylation sites (tertiary alicyclic amines) is 1. The van der Waals surface area contributed by atoms with Crippen molar-refractivity contribution in [2.75, 3.05) is 19.6 Å². The maximum atomic E-state index is 12.3. The lowest BCUT2D eigenvalue weighted by atomic mass is 9.94. The maximum Gasteiger partial charge on any atom is 0.255 e. The van der Waals surface area contributed by atoms with Crippen molar-refractivity contribution in [3.63, 3.8) is 0 Å². The van der Waals surface area contributed by atoms with Crippen molar-refractivity contribution in [1.82, 2.24) is 9.88 Å². The third-order valence-corrected chi connectivity index (χ3v) is 3.57. The number of aryl methyl sites for hydroxylation is 1. The number of nitrogens with one attached hydrogen (secondary N) is 1. The maximum absolute atomic E-state index is 12.3. The van der Waals surface area contributed by atoms with Gasteiger partial charge in [0.2, 0.25) is 0 Å². The number of nitrogens with two attached hydrogens (primary N) is 1. The summed E-state index contributed by atoms with van der Waals surface area (Å²) in [6.45, 7) is 4.40. The topological polar surface area (TPSA) is 62.1 Å². The molecule has 1 amide bonds. The number of hydrogen-bond donors (Lipinski definition) is 2. The van der Waals surface area contributed by atoms with Crippen molar-refractivity contribution in [2.45, 2.75) is 26.2 Å². The van der Waals surface area contributed by atoms with Crippen LogP contribution in [0.3, 0.4) is 0 Å². The van der Waals surface area contributed by atoms with Gasteiger partial charge in [0.25, 0.3) is 5.91 Å². The standard InChI is InChI=1S/C13H21N3O.ClH/c1-10-12(5-7-15-10)13(17)16-8-2-3-11(9-16)4-6-14;/h5,7,11,15H,2-4,6,8-9,14H2,1H3;1H. The summed E-state index contributed by atoms with van der Waals surface area (Å²) in [6, 6.07) is 1.87. The number of hydrogen-bond acceptors (Lipinski definition) is 2. The number of amides is 1. The molecule has 1 aromatic rings. The summed E-state index contributed by atoms with van der Waals surface area (Å²) < 4.78 is 0. The molecule has 102 valence electrons. The molecule has 0 bridgehead atoms. The molecule has 1 unspecified atom stereocenters. The molecular formula is C13H22ClN3O. The summed E-state index contributed by atoms with van der Waals surface area (Å²) in [6.07, 6.45) is 5.15. The van der Waals surface area contributed by atoms with E-state index in [1.165, 1.54) is 6.42 Å². The first kappa shape index (κ1) is 15.1. The van der Waals surface area contributed by atoms with Gasteiger partial charge in [0.1, 0.15) is 0 Å². The molecule has 1 aliphatic heterocycles. The van der Waals surface area contributed by atoms with Crippen molar-refractivity contribution in [1.29, 1.82) is 0 Å². The molecule has 0 spiro atoms. The van der Waals surface area contributed by atoms with Gasteiger partial charge in [0.15, 0.2) is 0 Å². The Balaban J connectivity index is 0.00000162. The van der Waals surface area contributed by atoms with Crippen molar-refractivity contribution in [2.24, 2.45) is 11.7 Å². The molecule has 2 heterocycles. The lowest BCUT2D eigenvalue weighted by Gasteiger charge is -2.32. The van der Waals surface area contributed by atoms with Crippen LogP contribution in [0.1, 0.15) is 35.3 Å². The fourth-order valence-corrected chi connectivity index (χ4v) is 2.58. The third kappa shape index (κ3) is 3.27. The Morgan fingerprint density at radius 3 is 3.00 bits per heavy atom. The highest BCUT2D eigenvalue weighted by Crippen LogP contribution is 2.21. The van der Waals surface area contributed by atoms with E-state index < -0.39 is 0 Å². The molecule has 0 radical (unpaired) electrons. The zero-order valence-electron chi connectivity index (χ0n) is 10.8. The molecule has 0 aliphatic carbocycles. The number of rotatable bonds is 3. The quantitative estimate of drug-likeness (QED) is 0.883. The molecule has 4 nitrogen and oxygen atoms in total. The normalized spacial score (nSPS) is 19.4. The fraction of sp³-hybridized carbons (Fsp3) is 0.615. The first-order valence-electron chi connectivity index (χ1n) is 6.35. The average molecular weight is 272 g/mol. The second kappa shape index (κ2) is 6.81. The smallest absolute Gasteiger partial charge is 0.255 e. The molecule has 0 aromatic carbocycles. The van der Waals surface area contributed by atoms with Crippen LogP contribution in [0, 0.1) is 12.8 Å². The second-order valence-electron chi connectivity index (χ2n) is 4.85. The van der Waals surface area contributed by atoms with Crippen LogP contribution in [0.5, 0.6) is 0 Å². The number of carbonyl (C=O) groups is 1. The number of aromatic nitrogens is 1. The zero-order valence-corrected chi connectivity index (χ0v) is 11.6. The molecular weight excluding hydrogens is 250 g/mol. The average Bonchev–Trinajstić information content (AvgIpc) is 2.75. The Morgan fingerprint density at radius 1 is 1.61 bits per heavy atom. The van der Waals surface area contributed by atoms with Gasteiger partial charge in [0.05, 0.1) is 5.56 Å². The van der Waals surface area contributed by atoms with E-state index in [1.807, 2.05) is 24.1 Å². The molecule has 1 aromatic heterocycles. The Labute approximate surface area is 114 Å². The molecule has 5 heteroatoms. The van der Waals surface area contributed by atoms with E-state index in [2.05, 4.69) is 4.98 Å². The van der Waals surface area contributed by atoms with E-state index in [9.17, 15) is 4.79 Å². The molecule has 1 saturated heterocycles. The minimum Gasteiger partial charge on any atom is -0.365 e. The number of nitrogens with zero attached hydrogens (tertiary/aromatic N) is 1. The van der Waals surface area contributed by atoms with Gasteiger partial charge >= 0.3 is 0 Å². The lowest BCUT2D eigenvalue weighted by Crippen LogP contribution is -2.40. The molecule has 0 saturated carbocycles. The highest BCUT2D eigenvalue weighted by atomic mass is 35.5. The molecule has 1 fully saturated rings. The van der Waals surface area contributed by atoms with Crippen LogP contribution in [-0.2, 0) is 0 Å². The largest absolute Gasteiger partial charge is 0.365 e. The highest BCUT2D eigenvalue weighted by Gasteiger charge is 2.24. The highest BCUT2D eigenvalue weighted by molar-refractivity contribution is 5.95. The minimum atomic E-state index is 0. The third-order valence-electron chi connectivity index (χ3n) is 3.57. The van der Waals surface area contributed by atoms with Gasteiger partial charge in [-0.3, -0.25) is 4.79 Å². The Hall–Kier alpha value is -1.00. The van der Waals surface area contributed by atoms with Gasteiger partial charge in [-0.15, -0.1) is 12.4 Å². The van der Waals surface area contributed by atoms with Crippen LogP contribution in [0.4, 0.5) is 0 Å². The number of aromatic amines is 1. The number of H-pyrrole nitrogens is 1. The van der Waals surface area contributed by atoms with E-state index in [-0.39, 0.29) is 18.3 Å². The van der Waals surface area contributed by atoms with E-state index in [0.717, 1.165) is 43.7 Å². The summed E-state index contributed by atoms with van der Waals surface area (Å²) >= 11 is 0. The van der Waals surface area contributed by atoms with Crippen LogP contribution in [0.25, 0.3) is 0 Å². The summed E-state index contributed by atoms with van der Waals surface area (Å²) in [7, 11) is 0. The van der Waals surface area contributed by atoms with E-state index in [1.54, 1.807) is 0 Å². The van der Waals surface area contributed by atoms with Crippen molar-refractivity contribution in [3.8, 4) is 0 Å². The Kier molecular flexibility index (Phi) is 5.69. The first-order chi connectivity index (χ1) is 8.22. The molecule has 2 rings (SSSR count). The van der Waals surface area contributed by atoms with E-state index in [4.69, 9.17) is 5.73 Å². The van der Waals surface area contributed by atoms with Crippen molar-refractivity contribution < 1.29 is 4.79 Å². The van der Waals surface area contributed by atoms with Gasteiger partial charge in [-0.1, -0.05) is 0 Å².